The summed E-state index contributed by atoms with van der Waals surface area (Å²) in [4.78, 5) is 47.8. The summed E-state index contributed by atoms with van der Waals surface area (Å²) >= 11 is 0. The average molecular weight is 296 g/mol. The lowest BCUT2D eigenvalue weighted by atomic mass is 9.73. The number of hydrogen-bond acceptors (Lipinski definition) is 5. The monoisotopic (exact) mass is 296 g/mol. The molecule has 1 aliphatic carbocycles. The first-order valence-corrected chi connectivity index (χ1v) is 7.16. The van der Waals surface area contributed by atoms with E-state index in [1.165, 1.54) is 6.92 Å². The van der Waals surface area contributed by atoms with E-state index in [2.05, 4.69) is 5.32 Å². The molecule has 0 aromatic heterocycles. The molecule has 0 unspecified atom stereocenters. The van der Waals surface area contributed by atoms with Crippen LogP contribution in [0.4, 0.5) is 4.79 Å². The van der Waals surface area contributed by atoms with Gasteiger partial charge in [0.25, 0.3) is 5.91 Å². The third-order valence-electron chi connectivity index (χ3n) is 4.23. The third kappa shape index (κ3) is 2.91. The number of ether oxygens (including phenoxy) is 1. The van der Waals surface area contributed by atoms with E-state index in [-0.39, 0.29) is 24.2 Å². The van der Waals surface area contributed by atoms with Crippen LogP contribution in [-0.4, -0.2) is 47.3 Å². The molecule has 3 amide bonds. The number of carbonyl (C=O) groups is 4. The van der Waals surface area contributed by atoms with Gasteiger partial charge in [0.1, 0.15) is 18.7 Å². The van der Waals surface area contributed by atoms with Crippen LogP contribution in [0.1, 0.15) is 39.5 Å². The van der Waals surface area contributed by atoms with Crippen LogP contribution in [0.15, 0.2) is 0 Å². The van der Waals surface area contributed by atoms with Crippen LogP contribution < -0.4 is 5.32 Å². The van der Waals surface area contributed by atoms with Gasteiger partial charge in [0, 0.05) is 0 Å². The zero-order valence-corrected chi connectivity index (χ0v) is 12.3. The molecule has 0 bridgehead atoms. The summed E-state index contributed by atoms with van der Waals surface area (Å²) in [6.07, 6.45) is 3.37. The van der Waals surface area contributed by atoms with Crippen LogP contribution in [0.3, 0.4) is 0 Å². The predicted molar refractivity (Wildman–Crippen MR) is 72.2 cm³/mol. The molecule has 7 heteroatoms. The molecule has 0 aromatic rings. The summed E-state index contributed by atoms with van der Waals surface area (Å²) in [5.74, 6) is -1.37. The molecule has 21 heavy (non-hydrogen) atoms. The highest BCUT2D eigenvalue weighted by molar-refractivity contribution is 6.09. The summed E-state index contributed by atoms with van der Waals surface area (Å²) in [6, 6.07) is -0.562. The van der Waals surface area contributed by atoms with Gasteiger partial charge < -0.3 is 10.1 Å². The van der Waals surface area contributed by atoms with Gasteiger partial charge in [-0.25, -0.2) is 4.79 Å². The predicted octanol–water partition coefficient (Wildman–Crippen LogP) is 0.619. The van der Waals surface area contributed by atoms with E-state index < -0.39 is 24.1 Å². The molecule has 2 atom stereocenters. The Labute approximate surface area is 123 Å². The molecular formula is C14H20N2O5. The van der Waals surface area contributed by atoms with E-state index in [0.29, 0.717) is 6.42 Å². The average Bonchev–Trinajstić information content (AvgIpc) is 2.65. The van der Waals surface area contributed by atoms with Crippen molar-refractivity contribution in [2.24, 2.45) is 5.92 Å². The molecule has 2 aliphatic rings. The highest BCUT2D eigenvalue weighted by Crippen LogP contribution is 2.38. The Morgan fingerprint density at radius 1 is 1.38 bits per heavy atom. The number of imide groups is 1. The van der Waals surface area contributed by atoms with Crippen molar-refractivity contribution in [3.63, 3.8) is 0 Å². The van der Waals surface area contributed by atoms with Crippen LogP contribution in [0, 0.1) is 5.92 Å². The molecular weight excluding hydrogens is 276 g/mol. The second-order valence-electron chi connectivity index (χ2n) is 5.80. The van der Waals surface area contributed by atoms with Gasteiger partial charge >= 0.3 is 12.0 Å². The van der Waals surface area contributed by atoms with Crippen molar-refractivity contribution in [2.75, 3.05) is 13.2 Å². The van der Waals surface area contributed by atoms with E-state index >= 15 is 0 Å². The molecule has 0 radical (unpaired) electrons. The van der Waals surface area contributed by atoms with E-state index in [1.54, 1.807) is 0 Å². The molecule has 1 spiro atoms. The maximum absolute atomic E-state index is 12.5. The Hall–Kier alpha value is -1.92. The number of amides is 3. The van der Waals surface area contributed by atoms with Gasteiger partial charge in [-0.2, -0.15) is 0 Å². The number of ketones is 1. The maximum atomic E-state index is 12.5. The number of nitrogens with zero attached hydrogens (tertiary/aromatic N) is 1. The second-order valence-corrected chi connectivity index (χ2v) is 5.80. The third-order valence-corrected chi connectivity index (χ3v) is 4.23. The second kappa shape index (κ2) is 5.83. The summed E-state index contributed by atoms with van der Waals surface area (Å²) in [5.41, 5.74) is -0.879. The van der Waals surface area contributed by atoms with E-state index in [4.69, 9.17) is 4.74 Å². The number of rotatable bonds is 4. The maximum Gasteiger partial charge on any atom is 0.326 e. The Morgan fingerprint density at radius 3 is 2.71 bits per heavy atom. The van der Waals surface area contributed by atoms with Crippen molar-refractivity contribution in [1.82, 2.24) is 10.2 Å². The number of hydrogen-bond donors (Lipinski definition) is 1. The molecule has 1 saturated carbocycles. The zero-order chi connectivity index (χ0) is 15.6. The van der Waals surface area contributed by atoms with Crippen molar-refractivity contribution in [3.8, 4) is 0 Å². The van der Waals surface area contributed by atoms with Crippen LogP contribution in [0.2, 0.25) is 0 Å². The van der Waals surface area contributed by atoms with Crippen molar-refractivity contribution < 1.29 is 23.9 Å². The van der Waals surface area contributed by atoms with Crippen LogP contribution >= 0.6 is 0 Å². The van der Waals surface area contributed by atoms with Crippen LogP contribution in [0.5, 0.6) is 0 Å². The molecule has 1 saturated heterocycles. The summed E-state index contributed by atoms with van der Waals surface area (Å²) < 4.78 is 4.70. The summed E-state index contributed by atoms with van der Waals surface area (Å²) in [6.45, 7) is 2.44. The minimum Gasteiger partial charge on any atom is -0.456 e. The first-order chi connectivity index (χ1) is 9.86. The van der Waals surface area contributed by atoms with Gasteiger partial charge in [0.2, 0.25) is 0 Å². The number of carbonyl (C=O) groups excluding carboxylic acids is 4. The molecule has 1 aliphatic heterocycles. The highest BCUT2D eigenvalue weighted by atomic mass is 16.5. The SMILES string of the molecule is CC(=O)COC(=O)CN1C(=O)N[C@@]2(CCCC[C@H]2C)C1=O. The number of nitrogens with one attached hydrogen (secondary N) is 1. The van der Waals surface area contributed by atoms with Crippen LogP contribution in [-0.2, 0) is 19.1 Å². The minimum absolute atomic E-state index is 0.0425. The summed E-state index contributed by atoms with van der Waals surface area (Å²) in [7, 11) is 0. The van der Waals surface area contributed by atoms with Crippen LogP contribution in [0.25, 0.3) is 0 Å². The smallest absolute Gasteiger partial charge is 0.326 e. The lowest BCUT2D eigenvalue weighted by Crippen LogP contribution is -2.54. The number of Topliss-reactive ketones (excluding diaryl/α,β-unsaturated/α-hetero) is 1. The van der Waals surface area contributed by atoms with Gasteiger partial charge in [0.05, 0.1) is 0 Å². The van der Waals surface area contributed by atoms with Gasteiger partial charge in [-0.1, -0.05) is 19.8 Å². The highest BCUT2D eigenvalue weighted by Gasteiger charge is 2.55. The largest absolute Gasteiger partial charge is 0.456 e. The fraction of sp³-hybridized carbons (Fsp3) is 0.714. The first kappa shape index (κ1) is 15.5. The Balaban J connectivity index is 2.05. The standard InChI is InChI=1S/C14H20N2O5/c1-9-5-3-4-6-14(9)12(19)16(13(20)15-14)7-11(18)21-8-10(2)17/h9H,3-8H2,1-2H3,(H,15,20)/t9-,14-/m1/s1. The van der Waals surface area contributed by atoms with Gasteiger partial charge in [-0.15, -0.1) is 0 Å². The Bertz CT molecular complexity index is 490. The molecule has 1 heterocycles. The lowest BCUT2D eigenvalue weighted by molar-refractivity contribution is -0.150. The van der Waals surface area contributed by atoms with E-state index in [1.807, 2.05) is 6.92 Å². The molecule has 2 fully saturated rings. The summed E-state index contributed by atoms with van der Waals surface area (Å²) in [5, 5.41) is 2.75. The van der Waals surface area contributed by atoms with Gasteiger partial charge in [-0.3, -0.25) is 19.3 Å². The van der Waals surface area contributed by atoms with Gasteiger partial charge in [-0.05, 0) is 25.7 Å². The first-order valence-electron chi connectivity index (χ1n) is 7.16. The number of urea groups is 1. The topological polar surface area (TPSA) is 92.8 Å². The molecule has 116 valence electrons. The Morgan fingerprint density at radius 2 is 2.10 bits per heavy atom. The van der Waals surface area contributed by atoms with E-state index in [0.717, 1.165) is 24.2 Å². The fourth-order valence-corrected chi connectivity index (χ4v) is 3.00. The lowest BCUT2D eigenvalue weighted by Gasteiger charge is -2.36. The normalized spacial score (nSPS) is 28.7. The van der Waals surface area contributed by atoms with Crippen molar-refractivity contribution in [1.29, 1.82) is 0 Å². The zero-order valence-electron chi connectivity index (χ0n) is 12.3. The molecule has 0 aromatic carbocycles. The van der Waals surface area contributed by atoms with Crippen molar-refractivity contribution >= 4 is 23.7 Å². The number of esters is 1. The van der Waals surface area contributed by atoms with Crippen molar-refractivity contribution in [3.05, 3.63) is 0 Å². The quantitative estimate of drug-likeness (QED) is 0.606. The Kier molecular flexibility index (Phi) is 4.29. The van der Waals surface area contributed by atoms with Gasteiger partial charge in [0.15, 0.2) is 5.78 Å². The molecule has 1 N–H and O–H groups in total. The van der Waals surface area contributed by atoms with E-state index in [9.17, 15) is 19.2 Å². The molecule has 2 rings (SSSR count). The molecule has 7 nitrogen and oxygen atoms in total. The fourth-order valence-electron chi connectivity index (χ4n) is 3.00. The minimum atomic E-state index is -0.879. The van der Waals surface area contributed by atoms with Crippen molar-refractivity contribution in [2.45, 2.75) is 45.1 Å².